The van der Waals surface area contributed by atoms with Crippen molar-refractivity contribution in [2.75, 3.05) is 11.6 Å². The number of fused-ring (bicyclic) bond motifs is 3. The van der Waals surface area contributed by atoms with Gasteiger partial charge >= 0.3 is 0 Å². The van der Waals surface area contributed by atoms with Gasteiger partial charge in [-0.15, -0.1) is 11.3 Å². The molecule has 0 spiro atoms. The number of hydrogen-bond acceptors (Lipinski definition) is 3. The van der Waals surface area contributed by atoms with Gasteiger partial charge in [0, 0.05) is 29.4 Å². The van der Waals surface area contributed by atoms with Crippen molar-refractivity contribution in [3.8, 4) is 0 Å². The van der Waals surface area contributed by atoms with Crippen molar-refractivity contribution in [3.63, 3.8) is 0 Å². The average Bonchev–Trinajstić information content (AvgIpc) is 2.74. The maximum atomic E-state index is 12.1. The van der Waals surface area contributed by atoms with Crippen molar-refractivity contribution in [3.05, 3.63) is 16.0 Å². The van der Waals surface area contributed by atoms with Crippen molar-refractivity contribution < 1.29 is 4.79 Å². The maximum Gasteiger partial charge on any atom is 0.225 e. The van der Waals surface area contributed by atoms with E-state index in [2.05, 4.69) is 25.7 Å². The van der Waals surface area contributed by atoms with Crippen LogP contribution < -0.4 is 4.90 Å². The standard InChI is InChI=1S/C16H24N2OS/c1-11(19)18-10-17(16(2,3)4)9-13-12-7-5-6-8-14(12)20-15(13)18/h5-10H2,1-4H3. The Morgan fingerprint density at radius 1 is 1.15 bits per heavy atom. The minimum absolute atomic E-state index is 0.0921. The van der Waals surface area contributed by atoms with Gasteiger partial charge in [0.05, 0.1) is 6.67 Å². The predicted octanol–water partition coefficient (Wildman–Crippen LogP) is 3.55. The number of carbonyl (C=O) groups is 1. The topological polar surface area (TPSA) is 23.6 Å². The molecule has 0 unspecified atom stereocenters. The second kappa shape index (κ2) is 4.85. The van der Waals surface area contributed by atoms with Gasteiger partial charge in [-0.1, -0.05) is 0 Å². The summed E-state index contributed by atoms with van der Waals surface area (Å²) in [4.78, 5) is 18.0. The fraction of sp³-hybridized carbons (Fsp3) is 0.688. The third kappa shape index (κ3) is 2.29. The molecule has 2 heterocycles. The van der Waals surface area contributed by atoms with Crippen molar-refractivity contribution in [1.82, 2.24) is 4.90 Å². The molecule has 1 aliphatic heterocycles. The van der Waals surface area contributed by atoms with Crippen LogP contribution in [0.25, 0.3) is 0 Å². The van der Waals surface area contributed by atoms with Gasteiger partial charge in [0.2, 0.25) is 5.91 Å². The van der Waals surface area contributed by atoms with E-state index < -0.39 is 0 Å². The summed E-state index contributed by atoms with van der Waals surface area (Å²) < 4.78 is 0. The van der Waals surface area contributed by atoms with Gasteiger partial charge in [-0.25, -0.2) is 0 Å². The molecule has 0 saturated carbocycles. The molecule has 3 rings (SSSR count). The van der Waals surface area contributed by atoms with Crippen LogP contribution in [0.2, 0.25) is 0 Å². The molecule has 0 N–H and O–H groups in total. The van der Waals surface area contributed by atoms with Crippen molar-refractivity contribution in [2.45, 2.75) is 65.5 Å². The smallest absolute Gasteiger partial charge is 0.225 e. The lowest BCUT2D eigenvalue weighted by Gasteiger charge is -2.42. The molecular weight excluding hydrogens is 268 g/mol. The number of carbonyl (C=O) groups excluding carboxylic acids is 1. The molecular formula is C16H24N2OS. The van der Waals surface area contributed by atoms with E-state index in [1.54, 1.807) is 12.5 Å². The molecule has 1 aromatic rings. The number of anilines is 1. The molecule has 0 bridgehead atoms. The largest absolute Gasteiger partial charge is 0.290 e. The van der Waals surface area contributed by atoms with Crippen LogP contribution in [0.5, 0.6) is 0 Å². The van der Waals surface area contributed by atoms with Crippen LogP contribution in [0.15, 0.2) is 0 Å². The van der Waals surface area contributed by atoms with Gasteiger partial charge in [-0.2, -0.15) is 0 Å². The van der Waals surface area contributed by atoms with E-state index in [9.17, 15) is 4.79 Å². The summed E-state index contributed by atoms with van der Waals surface area (Å²) in [5.74, 6) is 0.166. The highest BCUT2D eigenvalue weighted by atomic mass is 32.1. The Balaban J connectivity index is 2.06. The highest BCUT2D eigenvalue weighted by Crippen LogP contribution is 2.44. The van der Waals surface area contributed by atoms with E-state index >= 15 is 0 Å². The molecule has 110 valence electrons. The summed E-state index contributed by atoms with van der Waals surface area (Å²) in [6.45, 7) is 10.1. The van der Waals surface area contributed by atoms with Crippen LogP contribution in [0, 0.1) is 0 Å². The van der Waals surface area contributed by atoms with E-state index in [0.29, 0.717) is 0 Å². The molecule has 2 aliphatic rings. The SMILES string of the molecule is CC(=O)N1CN(C(C)(C)C)Cc2c1sc1c2CCCC1. The van der Waals surface area contributed by atoms with E-state index in [1.807, 2.05) is 16.2 Å². The molecule has 0 atom stereocenters. The Hall–Kier alpha value is -0.870. The molecule has 4 heteroatoms. The molecule has 1 aromatic heterocycles. The normalized spacial score (nSPS) is 19.7. The van der Waals surface area contributed by atoms with Crippen LogP contribution >= 0.6 is 11.3 Å². The summed E-state index contributed by atoms with van der Waals surface area (Å²) in [6, 6.07) is 0. The van der Waals surface area contributed by atoms with Crippen molar-refractivity contribution in [2.24, 2.45) is 0 Å². The lowest BCUT2D eigenvalue weighted by Crippen LogP contribution is -2.51. The van der Waals surface area contributed by atoms with Gasteiger partial charge < -0.3 is 0 Å². The summed E-state index contributed by atoms with van der Waals surface area (Å²) in [7, 11) is 0. The van der Waals surface area contributed by atoms with Gasteiger partial charge in [-0.3, -0.25) is 14.6 Å². The fourth-order valence-corrected chi connectivity index (χ4v) is 4.60. The Kier molecular flexibility index (Phi) is 3.41. The van der Waals surface area contributed by atoms with Crippen molar-refractivity contribution in [1.29, 1.82) is 0 Å². The van der Waals surface area contributed by atoms with E-state index in [0.717, 1.165) is 13.2 Å². The van der Waals surface area contributed by atoms with E-state index in [-0.39, 0.29) is 11.4 Å². The molecule has 0 fully saturated rings. The van der Waals surface area contributed by atoms with Crippen LogP contribution in [-0.2, 0) is 24.2 Å². The van der Waals surface area contributed by atoms with E-state index in [4.69, 9.17) is 0 Å². The third-order valence-electron chi connectivity index (χ3n) is 4.49. The maximum absolute atomic E-state index is 12.1. The Bertz CT molecular complexity index is 541. The molecule has 3 nitrogen and oxygen atoms in total. The van der Waals surface area contributed by atoms with Crippen molar-refractivity contribution >= 4 is 22.2 Å². The lowest BCUT2D eigenvalue weighted by atomic mass is 9.93. The zero-order chi connectivity index (χ0) is 14.5. The second-order valence-corrected chi connectivity index (χ2v) is 8.04. The quantitative estimate of drug-likeness (QED) is 0.730. The number of aryl methyl sites for hydroxylation is 1. The number of hydrogen-bond donors (Lipinski definition) is 0. The van der Waals surface area contributed by atoms with Gasteiger partial charge in [0.1, 0.15) is 5.00 Å². The highest BCUT2D eigenvalue weighted by molar-refractivity contribution is 7.16. The number of rotatable bonds is 0. The van der Waals surface area contributed by atoms with Crippen LogP contribution in [-0.4, -0.2) is 23.0 Å². The molecule has 20 heavy (non-hydrogen) atoms. The first-order valence-electron chi connectivity index (χ1n) is 7.54. The number of thiophene rings is 1. The van der Waals surface area contributed by atoms with E-state index in [1.165, 1.54) is 41.1 Å². The molecule has 1 amide bonds. The number of amides is 1. The summed E-state index contributed by atoms with van der Waals surface area (Å²) >= 11 is 1.87. The van der Waals surface area contributed by atoms with Gasteiger partial charge in [-0.05, 0) is 52.0 Å². The minimum atomic E-state index is 0.0921. The first-order valence-corrected chi connectivity index (χ1v) is 8.36. The minimum Gasteiger partial charge on any atom is -0.290 e. The van der Waals surface area contributed by atoms with Gasteiger partial charge in [0.15, 0.2) is 0 Å². The summed E-state index contributed by atoms with van der Waals surface area (Å²) in [6.07, 6.45) is 5.00. The van der Waals surface area contributed by atoms with Crippen LogP contribution in [0.3, 0.4) is 0 Å². The first-order chi connectivity index (χ1) is 9.38. The molecule has 1 aliphatic carbocycles. The average molecular weight is 292 g/mol. The first kappa shape index (κ1) is 14.1. The Morgan fingerprint density at radius 3 is 2.50 bits per heavy atom. The third-order valence-corrected chi connectivity index (χ3v) is 5.85. The summed E-state index contributed by atoms with van der Waals surface area (Å²) in [5.41, 5.74) is 3.08. The lowest BCUT2D eigenvalue weighted by molar-refractivity contribution is -0.117. The van der Waals surface area contributed by atoms with Crippen LogP contribution in [0.4, 0.5) is 5.00 Å². The highest BCUT2D eigenvalue weighted by Gasteiger charge is 2.35. The summed E-state index contributed by atoms with van der Waals surface area (Å²) in [5, 5.41) is 1.23. The Morgan fingerprint density at radius 2 is 1.85 bits per heavy atom. The predicted molar refractivity (Wildman–Crippen MR) is 84.3 cm³/mol. The Labute approximate surface area is 125 Å². The van der Waals surface area contributed by atoms with Crippen LogP contribution in [0.1, 0.15) is 56.5 Å². The zero-order valence-corrected chi connectivity index (χ0v) is 13.8. The monoisotopic (exact) mass is 292 g/mol. The fourth-order valence-electron chi connectivity index (χ4n) is 3.17. The van der Waals surface area contributed by atoms with Gasteiger partial charge in [0.25, 0.3) is 0 Å². The second-order valence-electron chi connectivity index (χ2n) is 6.95. The zero-order valence-electron chi connectivity index (χ0n) is 13.0. The molecule has 0 saturated heterocycles. The molecule has 0 radical (unpaired) electrons. The number of nitrogens with zero attached hydrogens (tertiary/aromatic N) is 2. The molecule has 0 aromatic carbocycles.